The van der Waals surface area contributed by atoms with E-state index in [1.54, 1.807) is 53.5 Å². The minimum absolute atomic E-state index is 0.0963. The van der Waals surface area contributed by atoms with Crippen LogP contribution in [0.4, 0.5) is 10.1 Å². The summed E-state index contributed by atoms with van der Waals surface area (Å²) in [5.41, 5.74) is 8.24. The highest BCUT2D eigenvalue weighted by molar-refractivity contribution is 7.10. The fourth-order valence-corrected chi connectivity index (χ4v) is 5.50. The van der Waals surface area contributed by atoms with Gasteiger partial charge >= 0.3 is 5.97 Å². The molecule has 1 aromatic heterocycles. The summed E-state index contributed by atoms with van der Waals surface area (Å²) in [5, 5.41) is 2.00. The lowest BCUT2D eigenvalue weighted by atomic mass is 9.85. The van der Waals surface area contributed by atoms with Crippen LogP contribution in [-0.4, -0.2) is 24.5 Å². The maximum atomic E-state index is 14.2. The number of nitrogens with one attached hydrogen (secondary N) is 2. The van der Waals surface area contributed by atoms with Gasteiger partial charge in [-0.2, -0.15) is 0 Å². The first kappa shape index (κ1) is 20.8. The Kier molecular flexibility index (Phi) is 5.50. The molecular formula is C24H22FN3O3S. The van der Waals surface area contributed by atoms with Crippen LogP contribution < -0.4 is 15.8 Å². The van der Waals surface area contributed by atoms with E-state index in [4.69, 9.17) is 4.74 Å². The van der Waals surface area contributed by atoms with Gasteiger partial charge in [0.25, 0.3) is 0 Å². The summed E-state index contributed by atoms with van der Waals surface area (Å²) in [4.78, 5) is 28.4. The molecule has 2 fully saturated rings. The summed E-state index contributed by atoms with van der Waals surface area (Å²) < 4.78 is 19.2. The van der Waals surface area contributed by atoms with Crippen LogP contribution in [0.3, 0.4) is 0 Å². The number of nitrogens with zero attached hydrogens (tertiary/aromatic N) is 1. The molecular weight excluding hydrogens is 429 g/mol. The SMILES string of the molecule is CCOC(=O)c1ccc(N2C(=O)C3NNC(c4cccs4)C3C2c2cccc(F)c2)cc1. The van der Waals surface area contributed by atoms with Crippen LogP contribution in [-0.2, 0) is 9.53 Å². The van der Waals surface area contributed by atoms with Crippen LogP contribution in [0.15, 0.2) is 66.0 Å². The second kappa shape index (κ2) is 8.46. The molecule has 1 amide bonds. The number of benzene rings is 2. The largest absolute Gasteiger partial charge is 0.462 e. The minimum atomic E-state index is -0.458. The van der Waals surface area contributed by atoms with Gasteiger partial charge in [0.1, 0.15) is 11.9 Å². The quantitative estimate of drug-likeness (QED) is 0.574. The van der Waals surface area contributed by atoms with E-state index >= 15 is 0 Å². The number of ether oxygens (including phenoxy) is 1. The predicted octanol–water partition coefficient (Wildman–Crippen LogP) is 3.99. The summed E-state index contributed by atoms with van der Waals surface area (Å²) in [6, 6.07) is 16.3. The van der Waals surface area contributed by atoms with Crippen molar-refractivity contribution in [2.24, 2.45) is 5.92 Å². The number of thiophene rings is 1. The third-order valence-corrected chi connectivity index (χ3v) is 6.96. The van der Waals surface area contributed by atoms with Crippen molar-refractivity contribution in [3.8, 4) is 0 Å². The highest BCUT2D eigenvalue weighted by Crippen LogP contribution is 2.49. The first-order chi connectivity index (χ1) is 15.6. The van der Waals surface area contributed by atoms with E-state index < -0.39 is 12.0 Å². The topological polar surface area (TPSA) is 70.7 Å². The zero-order valence-electron chi connectivity index (χ0n) is 17.3. The summed E-state index contributed by atoms with van der Waals surface area (Å²) in [5.74, 6) is -0.996. The predicted molar refractivity (Wildman–Crippen MR) is 120 cm³/mol. The van der Waals surface area contributed by atoms with Gasteiger partial charge in [-0.15, -0.1) is 11.3 Å². The van der Waals surface area contributed by atoms with Gasteiger partial charge in [-0.3, -0.25) is 4.79 Å². The van der Waals surface area contributed by atoms with E-state index in [1.807, 2.05) is 23.6 Å². The van der Waals surface area contributed by atoms with Gasteiger partial charge in [-0.25, -0.2) is 20.0 Å². The molecule has 0 bridgehead atoms. The number of fused-ring (bicyclic) bond motifs is 1. The van der Waals surface area contributed by atoms with Crippen LogP contribution in [0.25, 0.3) is 0 Å². The molecule has 0 saturated carbocycles. The second-order valence-electron chi connectivity index (χ2n) is 7.81. The molecule has 3 heterocycles. The van der Waals surface area contributed by atoms with Crippen molar-refractivity contribution in [3.63, 3.8) is 0 Å². The maximum absolute atomic E-state index is 14.2. The maximum Gasteiger partial charge on any atom is 0.338 e. The highest BCUT2D eigenvalue weighted by Gasteiger charge is 2.56. The van der Waals surface area contributed by atoms with Crippen molar-refractivity contribution >= 4 is 28.9 Å². The van der Waals surface area contributed by atoms with Gasteiger partial charge in [-0.1, -0.05) is 18.2 Å². The number of hydrogen-bond acceptors (Lipinski definition) is 6. The number of anilines is 1. The molecule has 2 N–H and O–H groups in total. The van der Waals surface area contributed by atoms with Gasteiger partial charge in [0.2, 0.25) is 5.91 Å². The molecule has 4 unspecified atom stereocenters. The molecule has 2 aliphatic heterocycles. The zero-order valence-corrected chi connectivity index (χ0v) is 18.1. The van der Waals surface area contributed by atoms with E-state index in [2.05, 4.69) is 10.9 Å². The third-order valence-electron chi connectivity index (χ3n) is 6.01. The number of carbonyl (C=O) groups excluding carboxylic acids is 2. The molecule has 0 spiro atoms. The molecule has 164 valence electrons. The lowest BCUT2D eigenvalue weighted by Crippen LogP contribution is -2.41. The molecule has 32 heavy (non-hydrogen) atoms. The van der Waals surface area contributed by atoms with Gasteiger partial charge in [0.15, 0.2) is 0 Å². The van der Waals surface area contributed by atoms with Crippen LogP contribution >= 0.6 is 11.3 Å². The third kappa shape index (κ3) is 3.50. The Morgan fingerprint density at radius 3 is 2.56 bits per heavy atom. The zero-order chi connectivity index (χ0) is 22.2. The lowest BCUT2D eigenvalue weighted by Gasteiger charge is -2.31. The van der Waals surface area contributed by atoms with Crippen molar-refractivity contribution in [2.45, 2.75) is 25.0 Å². The Morgan fingerprint density at radius 2 is 1.88 bits per heavy atom. The summed E-state index contributed by atoms with van der Waals surface area (Å²) in [6.45, 7) is 2.04. The number of esters is 1. The van der Waals surface area contributed by atoms with E-state index in [-0.39, 0.29) is 29.7 Å². The van der Waals surface area contributed by atoms with E-state index in [9.17, 15) is 14.0 Å². The van der Waals surface area contributed by atoms with E-state index in [0.717, 1.165) is 10.4 Å². The minimum Gasteiger partial charge on any atom is -0.462 e. The van der Waals surface area contributed by atoms with E-state index in [1.165, 1.54) is 12.1 Å². The Hall–Kier alpha value is -3.07. The highest BCUT2D eigenvalue weighted by atomic mass is 32.1. The number of hydrogen-bond donors (Lipinski definition) is 2. The smallest absolute Gasteiger partial charge is 0.338 e. The first-order valence-electron chi connectivity index (χ1n) is 10.5. The number of amides is 1. The van der Waals surface area contributed by atoms with Gasteiger partial charge < -0.3 is 9.64 Å². The Labute approximate surface area is 189 Å². The molecule has 6 nitrogen and oxygen atoms in total. The van der Waals surface area contributed by atoms with Crippen LogP contribution in [0.2, 0.25) is 0 Å². The average Bonchev–Trinajstić information content (AvgIpc) is 3.52. The molecule has 3 aromatic rings. The standard InChI is InChI=1S/C24H22FN3O3S/c1-2-31-24(30)14-8-10-17(11-9-14)28-22(15-5-3-6-16(25)13-15)19-20(18-7-4-12-32-18)26-27-21(19)23(28)29/h3-13,19-22,26-27H,2H2,1H3. The van der Waals surface area contributed by atoms with Crippen molar-refractivity contribution in [1.82, 2.24) is 10.9 Å². The Balaban J connectivity index is 1.57. The molecule has 4 atom stereocenters. The Bertz CT molecular complexity index is 1140. The number of halogens is 1. The van der Waals surface area contributed by atoms with Crippen LogP contribution in [0.1, 0.15) is 39.8 Å². The van der Waals surface area contributed by atoms with Gasteiger partial charge in [-0.05, 0) is 60.3 Å². The van der Waals surface area contributed by atoms with Crippen molar-refractivity contribution in [2.75, 3.05) is 11.5 Å². The first-order valence-corrected chi connectivity index (χ1v) is 11.4. The normalized spacial score (nSPS) is 24.6. The molecule has 2 saturated heterocycles. The fourth-order valence-electron chi connectivity index (χ4n) is 4.67. The molecule has 2 aliphatic rings. The monoisotopic (exact) mass is 451 g/mol. The molecule has 0 aliphatic carbocycles. The second-order valence-corrected chi connectivity index (χ2v) is 8.79. The fraction of sp³-hybridized carbons (Fsp3) is 0.250. The molecule has 2 aromatic carbocycles. The number of rotatable bonds is 5. The van der Waals surface area contributed by atoms with Crippen LogP contribution in [0.5, 0.6) is 0 Å². The summed E-state index contributed by atoms with van der Waals surface area (Å²) in [6.07, 6.45) is 0. The molecule has 0 radical (unpaired) electrons. The van der Waals surface area contributed by atoms with E-state index in [0.29, 0.717) is 17.9 Å². The van der Waals surface area contributed by atoms with Crippen LogP contribution in [0, 0.1) is 11.7 Å². The van der Waals surface area contributed by atoms with Crippen molar-refractivity contribution in [3.05, 3.63) is 87.9 Å². The lowest BCUT2D eigenvalue weighted by molar-refractivity contribution is -0.119. The van der Waals surface area contributed by atoms with Gasteiger partial charge in [0.05, 0.1) is 24.3 Å². The molecule has 8 heteroatoms. The number of hydrazine groups is 1. The van der Waals surface area contributed by atoms with Gasteiger partial charge in [0, 0.05) is 16.5 Å². The summed E-state index contributed by atoms with van der Waals surface area (Å²) in [7, 11) is 0. The van der Waals surface area contributed by atoms with Crippen molar-refractivity contribution < 1.29 is 18.7 Å². The Morgan fingerprint density at radius 1 is 1.09 bits per heavy atom. The summed E-state index contributed by atoms with van der Waals surface area (Å²) >= 11 is 1.62. The van der Waals surface area contributed by atoms with Crippen molar-refractivity contribution in [1.29, 1.82) is 0 Å². The number of carbonyl (C=O) groups is 2. The molecule has 5 rings (SSSR count). The average molecular weight is 452 g/mol.